The van der Waals surface area contributed by atoms with Crippen molar-refractivity contribution in [1.29, 1.82) is 5.26 Å². The topological polar surface area (TPSA) is 142 Å². The Morgan fingerprint density at radius 1 is 1.12 bits per heavy atom. The third-order valence-corrected chi connectivity index (χ3v) is 10.8. The van der Waals surface area contributed by atoms with Crippen molar-refractivity contribution in [2.45, 2.75) is 52.1 Å². The van der Waals surface area contributed by atoms with Crippen LogP contribution in [-0.2, 0) is 21.2 Å². The molecule has 0 radical (unpaired) electrons. The van der Waals surface area contributed by atoms with Gasteiger partial charge in [-0.1, -0.05) is 38.8 Å². The number of nitriles is 1. The van der Waals surface area contributed by atoms with Crippen molar-refractivity contribution in [3.63, 3.8) is 0 Å². The van der Waals surface area contributed by atoms with E-state index >= 15 is 0 Å². The Bertz CT molecular complexity index is 1620. The number of aliphatic hydroxyl groups excluding tert-OH is 1. The Morgan fingerprint density at radius 3 is 2.30 bits per heavy atom. The van der Waals surface area contributed by atoms with Crippen LogP contribution in [-0.4, -0.2) is 53.8 Å². The number of sulfone groups is 1. The van der Waals surface area contributed by atoms with Gasteiger partial charge in [0.2, 0.25) is 5.91 Å². The number of nitrogens with zero attached hydrogens (tertiary/aromatic N) is 4. The molecule has 2 heterocycles. The summed E-state index contributed by atoms with van der Waals surface area (Å²) in [4.78, 5) is 15.5. The highest BCUT2D eigenvalue weighted by Crippen LogP contribution is 2.55. The predicted octanol–water partition coefficient (Wildman–Crippen LogP) is 4.33. The second kappa shape index (κ2) is 12.1. The van der Waals surface area contributed by atoms with Crippen LogP contribution in [0.1, 0.15) is 56.8 Å². The number of aromatic nitrogens is 2. The third kappa shape index (κ3) is 5.66. The molecule has 5 rings (SSSR count). The zero-order valence-corrected chi connectivity index (χ0v) is 25.4. The van der Waals surface area contributed by atoms with E-state index in [1.165, 1.54) is 12.1 Å². The van der Waals surface area contributed by atoms with E-state index < -0.39 is 38.8 Å². The number of nitrogens with two attached hydrogens (primary N) is 1. The molecule has 1 aliphatic heterocycles. The van der Waals surface area contributed by atoms with Gasteiger partial charge in [0.25, 0.3) is 0 Å². The van der Waals surface area contributed by atoms with Gasteiger partial charge < -0.3 is 15.7 Å². The summed E-state index contributed by atoms with van der Waals surface area (Å²) in [6.45, 7) is 4.28. The normalized spacial score (nSPS) is 22.7. The van der Waals surface area contributed by atoms with Crippen molar-refractivity contribution in [2.24, 2.45) is 23.0 Å². The molecule has 228 valence electrons. The largest absolute Gasteiger partial charge is 0.390 e. The molecule has 1 aromatic heterocycles. The number of halogens is 1. The van der Waals surface area contributed by atoms with Crippen molar-refractivity contribution < 1.29 is 22.7 Å². The lowest BCUT2D eigenvalue weighted by atomic mass is 9.55. The Kier molecular flexibility index (Phi) is 8.63. The molecule has 9 nitrogen and oxygen atoms in total. The molecule has 0 bridgehead atoms. The number of carbonyl (C=O) groups is 1. The van der Waals surface area contributed by atoms with Gasteiger partial charge in [0.05, 0.1) is 52.6 Å². The summed E-state index contributed by atoms with van der Waals surface area (Å²) in [6.07, 6.45) is 2.62. The van der Waals surface area contributed by atoms with Gasteiger partial charge in [0.1, 0.15) is 5.82 Å². The molecular formula is C32H38FN5O4S. The maximum atomic E-state index is 13.9. The number of aliphatic hydroxyl groups is 1. The van der Waals surface area contributed by atoms with E-state index in [0.717, 1.165) is 24.1 Å². The molecule has 3 aromatic rings. The van der Waals surface area contributed by atoms with Crippen LogP contribution in [0.15, 0.2) is 48.5 Å². The Morgan fingerprint density at radius 2 is 1.74 bits per heavy atom. The molecule has 43 heavy (non-hydrogen) atoms. The summed E-state index contributed by atoms with van der Waals surface area (Å²) >= 11 is 0. The second-order valence-electron chi connectivity index (χ2n) is 12.0. The van der Waals surface area contributed by atoms with Crippen LogP contribution in [0.2, 0.25) is 0 Å². The summed E-state index contributed by atoms with van der Waals surface area (Å²) in [5.41, 5.74) is 8.91. The molecule has 2 unspecified atom stereocenters. The second-order valence-corrected chi connectivity index (χ2v) is 14.3. The minimum absolute atomic E-state index is 0.102. The Labute approximate surface area is 252 Å². The molecule has 1 saturated heterocycles. The first-order chi connectivity index (χ1) is 20.5. The van der Waals surface area contributed by atoms with Gasteiger partial charge in [-0.2, -0.15) is 10.4 Å². The lowest BCUT2D eigenvalue weighted by Gasteiger charge is -2.45. The number of primary amides is 1. The summed E-state index contributed by atoms with van der Waals surface area (Å²) in [6, 6.07) is 15.9. The van der Waals surface area contributed by atoms with Crippen molar-refractivity contribution in [3.05, 3.63) is 65.7 Å². The van der Waals surface area contributed by atoms with Crippen molar-refractivity contribution in [1.82, 2.24) is 9.78 Å². The quantitative estimate of drug-likeness (QED) is 0.388. The summed E-state index contributed by atoms with van der Waals surface area (Å²) in [7, 11) is -3.03. The van der Waals surface area contributed by atoms with Crippen molar-refractivity contribution >= 4 is 21.4 Å². The van der Waals surface area contributed by atoms with Gasteiger partial charge >= 0.3 is 0 Å². The van der Waals surface area contributed by atoms with E-state index in [-0.39, 0.29) is 24.0 Å². The first-order valence-electron chi connectivity index (χ1n) is 14.8. The molecule has 1 saturated carbocycles. The van der Waals surface area contributed by atoms with Crippen LogP contribution in [0, 0.1) is 34.4 Å². The van der Waals surface area contributed by atoms with Crippen LogP contribution >= 0.6 is 0 Å². The number of carbonyl (C=O) groups excluding carboxylic acids is 1. The zero-order chi connectivity index (χ0) is 30.9. The minimum atomic E-state index is -3.03. The fraction of sp³-hybridized carbons (Fsp3) is 0.469. The first-order valence-corrected chi connectivity index (χ1v) is 16.6. The summed E-state index contributed by atoms with van der Waals surface area (Å²) in [5.74, 6) is -1.99. The van der Waals surface area contributed by atoms with Gasteiger partial charge in [-0.05, 0) is 60.7 Å². The van der Waals surface area contributed by atoms with E-state index in [1.807, 2.05) is 43.0 Å². The molecule has 11 heteroatoms. The SMILES string of the molecule is CC(C)[C@H](C#N)C1(C(N)=O)CCCCC1c1nn(-c2ccc(F)cc2)c(CO)c1-c1ccc(N2CCS(=O)(=O)CC2)cc1. The van der Waals surface area contributed by atoms with Gasteiger partial charge in [-0.3, -0.25) is 4.79 Å². The maximum Gasteiger partial charge on any atom is 0.225 e. The molecule has 1 amide bonds. The Balaban J connectivity index is 1.69. The Hall–Kier alpha value is -3.75. The van der Waals surface area contributed by atoms with Crippen LogP contribution in [0.25, 0.3) is 16.8 Å². The fourth-order valence-corrected chi connectivity index (χ4v) is 8.24. The minimum Gasteiger partial charge on any atom is -0.390 e. The third-order valence-electron chi connectivity index (χ3n) is 9.20. The average molecular weight is 608 g/mol. The molecule has 0 spiro atoms. The van der Waals surface area contributed by atoms with Gasteiger partial charge in [-0.25, -0.2) is 17.5 Å². The van der Waals surface area contributed by atoms with E-state index in [2.05, 4.69) is 6.07 Å². The number of hydrogen-bond donors (Lipinski definition) is 2. The molecular weight excluding hydrogens is 569 g/mol. The fourth-order valence-electron chi connectivity index (χ4n) is 7.04. The van der Waals surface area contributed by atoms with E-state index in [9.17, 15) is 28.0 Å². The lowest BCUT2D eigenvalue weighted by Crippen LogP contribution is -2.50. The summed E-state index contributed by atoms with van der Waals surface area (Å²) < 4.78 is 39.3. The number of rotatable bonds is 8. The van der Waals surface area contributed by atoms with Crippen molar-refractivity contribution in [3.8, 4) is 22.9 Å². The number of anilines is 1. The predicted molar refractivity (Wildman–Crippen MR) is 163 cm³/mol. The van der Waals surface area contributed by atoms with Crippen molar-refractivity contribution in [2.75, 3.05) is 29.5 Å². The molecule has 2 aliphatic rings. The highest BCUT2D eigenvalue weighted by molar-refractivity contribution is 7.91. The van der Waals surface area contributed by atoms with Crippen LogP contribution in [0.4, 0.5) is 10.1 Å². The number of hydrogen-bond acceptors (Lipinski definition) is 7. The maximum absolute atomic E-state index is 13.9. The lowest BCUT2D eigenvalue weighted by molar-refractivity contribution is -0.134. The highest BCUT2D eigenvalue weighted by Gasteiger charge is 2.54. The highest BCUT2D eigenvalue weighted by atomic mass is 32.2. The van der Waals surface area contributed by atoms with E-state index in [0.29, 0.717) is 48.6 Å². The standard InChI is InChI=1S/C32H38FN5O4S/c1-21(2)27(19-34)32(31(35)40)14-4-3-5-26(32)30-29(28(20-39)38(36-30)25-12-8-23(33)9-13-25)22-6-10-24(11-7-22)37-15-17-43(41,42)18-16-37/h6-13,21,26-27,39H,3-5,14-18,20H2,1-2H3,(H2,35,40)/t26?,27-,32?/m0/s1. The molecule has 2 fully saturated rings. The molecule has 1 aliphatic carbocycles. The van der Waals surface area contributed by atoms with Crippen LogP contribution in [0.3, 0.4) is 0 Å². The first kappa shape index (κ1) is 30.7. The van der Waals surface area contributed by atoms with E-state index in [1.54, 1.807) is 16.8 Å². The van der Waals surface area contributed by atoms with Gasteiger partial charge in [-0.15, -0.1) is 0 Å². The average Bonchev–Trinajstić information content (AvgIpc) is 3.37. The monoisotopic (exact) mass is 607 g/mol. The van der Waals surface area contributed by atoms with E-state index in [4.69, 9.17) is 10.8 Å². The smallest absolute Gasteiger partial charge is 0.225 e. The molecule has 3 atom stereocenters. The van der Waals surface area contributed by atoms with Crippen LogP contribution in [0.5, 0.6) is 0 Å². The molecule has 3 N–H and O–H groups in total. The zero-order valence-electron chi connectivity index (χ0n) is 24.5. The molecule has 2 aromatic carbocycles. The van der Waals surface area contributed by atoms with Gasteiger partial charge in [0.15, 0.2) is 9.84 Å². The van der Waals surface area contributed by atoms with Crippen LogP contribution < -0.4 is 10.6 Å². The summed E-state index contributed by atoms with van der Waals surface area (Å²) in [5, 5.41) is 26.0. The number of amides is 1. The number of benzene rings is 2. The van der Waals surface area contributed by atoms with Gasteiger partial charge in [0, 0.05) is 30.3 Å².